The summed E-state index contributed by atoms with van der Waals surface area (Å²) in [5, 5.41) is 10.9. The summed E-state index contributed by atoms with van der Waals surface area (Å²) >= 11 is 0. The van der Waals surface area contributed by atoms with E-state index in [0.29, 0.717) is 33.9 Å². The van der Waals surface area contributed by atoms with Gasteiger partial charge in [0.25, 0.3) is 0 Å². The lowest BCUT2D eigenvalue weighted by atomic mass is 10.0. The topological polar surface area (TPSA) is 84.9 Å². The minimum Gasteiger partial charge on any atom is -0.550 e. The van der Waals surface area contributed by atoms with Crippen LogP contribution in [0.4, 0.5) is 0 Å². The van der Waals surface area contributed by atoms with Crippen LogP contribution < -0.4 is 19.3 Å². The Morgan fingerprint density at radius 2 is 1.79 bits per heavy atom. The van der Waals surface area contributed by atoms with Crippen molar-refractivity contribution >= 4 is 17.8 Å². The van der Waals surface area contributed by atoms with Crippen LogP contribution in [0, 0.1) is 0 Å². The van der Waals surface area contributed by atoms with Crippen molar-refractivity contribution in [3.63, 3.8) is 0 Å². The smallest absolute Gasteiger partial charge is 0.185 e. The average Bonchev–Trinajstić information content (AvgIpc) is 2.65. The van der Waals surface area contributed by atoms with Gasteiger partial charge in [-0.3, -0.25) is 4.79 Å². The number of hydrogen-bond acceptors (Lipinski definition) is 6. The summed E-state index contributed by atoms with van der Waals surface area (Å²) in [6.45, 7) is 3.81. The monoisotopic (exact) mass is 383 g/mol. The summed E-state index contributed by atoms with van der Waals surface area (Å²) in [6.07, 6.45) is 2.65. The van der Waals surface area contributed by atoms with Gasteiger partial charge in [-0.25, -0.2) is 0 Å². The van der Waals surface area contributed by atoms with Crippen molar-refractivity contribution in [2.45, 2.75) is 26.4 Å². The molecule has 0 heterocycles. The van der Waals surface area contributed by atoms with Gasteiger partial charge in [-0.1, -0.05) is 12.1 Å². The van der Waals surface area contributed by atoms with Crippen LogP contribution in [0.2, 0.25) is 0 Å². The van der Waals surface area contributed by atoms with E-state index >= 15 is 0 Å². The van der Waals surface area contributed by atoms with Crippen LogP contribution in [0.1, 0.15) is 35.3 Å². The van der Waals surface area contributed by atoms with Gasteiger partial charge >= 0.3 is 0 Å². The van der Waals surface area contributed by atoms with Crippen molar-refractivity contribution < 1.29 is 28.9 Å². The third kappa shape index (κ3) is 5.36. The molecule has 0 aliphatic heterocycles. The SMILES string of the molecule is COc1ccc(C(=O)/C=C/c2cccc(OC)c2OC(C)C)cc1CC(=O)[O-]. The highest BCUT2D eigenvalue weighted by Crippen LogP contribution is 2.33. The molecule has 0 bridgehead atoms. The highest BCUT2D eigenvalue weighted by molar-refractivity contribution is 6.07. The van der Waals surface area contributed by atoms with Gasteiger partial charge in [0.1, 0.15) is 5.75 Å². The molecule has 0 radical (unpaired) electrons. The number of ketones is 1. The molecule has 0 N–H and O–H groups in total. The molecule has 2 rings (SSSR count). The predicted molar refractivity (Wildman–Crippen MR) is 104 cm³/mol. The Morgan fingerprint density at radius 1 is 1.07 bits per heavy atom. The molecule has 0 aromatic heterocycles. The number of para-hydroxylation sites is 1. The van der Waals surface area contributed by atoms with Crippen LogP contribution in [-0.4, -0.2) is 32.1 Å². The molecule has 0 saturated heterocycles. The average molecular weight is 383 g/mol. The van der Waals surface area contributed by atoms with Gasteiger partial charge in [-0.15, -0.1) is 0 Å². The van der Waals surface area contributed by atoms with E-state index in [0.717, 1.165) is 0 Å². The number of hydrogen-bond donors (Lipinski definition) is 0. The fourth-order valence-electron chi connectivity index (χ4n) is 2.67. The number of allylic oxidation sites excluding steroid dienone is 1. The van der Waals surface area contributed by atoms with E-state index in [2.05, 4.69) is 0 Å². The summed E-state index contributed by atoms with van der Waals surface area (Å²) in [4.78, 5) is 23.5. The van der Waals surface area contributed by atoms with E-state index in [1.54, 1.807) is 31.4 Å². The van der Waals surface area contributed by atoms with Crippen molar-refractivity contribution in [3.8, 4) is 17.2 Å². The second-order valence-corrected chi connectivity index (χ2v) is 6.32. The number of carboxylic acids is 1. The van der Waals surface area contributed by atoms with Crippen molar-refractivity contribution in [2.24, 2.45) is 0 Å². The molecule has 2 aromatic carbocycles. The molecule has 0 fully saturated rings. The first-order valence-corrected chi connectivity index (χ1v) is 8.78. The van der Waals surface area contributed by atoms with E-state index in [4.69, 9.17) is 14.2 Å². The van der Waals surface area contributed by atoms with Crippen molar-refractivity contribution in [1.82, 2.24) is 0 Å². The largest absolute Gasteiger partial charge is 0.550 e. The first kappa shape index (κ1) is 21.0. The molecule has 0 atom stereocenters. The zero-order chi connectivity index (χ0) is 20.7. The van der Waals surface area contributed by atoms with Gasteiger partial charge in [-0.05, 0) is 50.3 Å². The van der Waals surface area contributed by atoms with E-state index in [-0.39, 0.29) is 18.3 Å². The quantitative estimate of drug-likeness (QED) is 0.489. The number of carbonyl (C=O) groups excluding carboxylic acids is 2. The molecule has 0 spiro atoms. The minimum atomic E-state index is -1.25. The molecule has 148 valence electrons. The Morgan fingerprint density at radius 3 is 2.39 bits per heavy atom. The molecule has 0 aliphatic rings. The lowest BCUT2D eigenvalue weighted by Crippen LogP contribution is -2.24. The number of carbonyl (C=O) groups is 2. The van der Waals surface area contributed by atoms with E-state index in [9.17, 15) is 14.7 Å². The van der Waals surface area contributed by atoms with Crippen LogP contribution in [-0.2, 0) is 11.2 Å². The molecule has 0 amide bonds. The Balaban J connectivity index is 2.32. The van der Waals surface area contributed by atoms with Gasteiger partial charge < -0.3 is 24.1 Å². The van der Waals surface area contributed by atoms with E-state index in [1.807, 2.05) is 26.0 Å². The van der Waals surface area contributed by atoms with Crippen molar-refractivity contribution in [3.05, 3.63) is 59.2 Å². The Kier molecular flexibility index (Phi) is 7.21. The fourth-order valence-corrected chi connectivity index (χ4v) is 2.67. The second-order valence-electron chi connectivity index (χ2n) is 6.32. The summed E-state index contributed by atoms with van der Waals surface area (Å²) < 4.78 is 16.3. The lowest BCUT2D eigenvalue weighted by Gasteiger charge is -2.15. The molecule has 0 unspecified atom stereocenters. The molecule has 6 nitrogen and oxygen atoms in total. The molecule has 6 heteroatoms. The number of methoxy groups -OCH3 is 2. The Bertz CT molecular complexity index is 883. The normalized spacial score (nSPS) is 10.9. The molecule has 0 aliphatic carbocycles. The predicted octanol–water partition coefficient (Wildman–Crippen LogP) is 2.68. The maximum Gasteiger partial charge on any atom is 0.185 e. The standard InChI is InChI=1S/C22H24O6/c1-14(2)28-22-15(6-5-7-20(22)27-4)8-10-18(23)16-9-11-19(26-3)17(12-16)13-21(24)25/h5-12,14H,13H2,1-4H3,(H,24,25)/p-1/b10-8+. The third-order valence-electron chi connectivity index (χ3n) is 3.90. The molecular weight excluding hydrogens is 360 g/mol. The lowest BCUT2D eigenvalue weighted by molar-refractivity contribution is -0.304. The van der Waals surface area contributed by atoms with Crippen molar-refractivity contribution in [2.75, 3.05) is 14.2 Å². The van der Waals surface area contributed by atoms with E-state index in [1.165, 1.54) is 19.3 Å². The van der Waals surface area contributed by atoms with Crippen LogP contribution in [0.5, 0.6) is 17.2 Å². The molecule has 28 heavy (non-hydrogen) atoms. The summed E-state index contributed by atoms with van der Waals surface area (Å²) in [7, 11) is 2.99. The Hall–Kier alpha value is -3.28. The molecule has 0 saturated carbocycles. The van der Waals surface area contributed by atoms with Gasteiger partial charge in [0.15, 0.2) is 17.3 Å². The first-order valence-electron chi connectivity index (χ1n) is 8.78. The first-order chi connectivity index (χ1) is 13.3. The number of carboxylic acid groups (broad SMARTS) is 1. The third-order valence-corrected chi connectivity index (χ3v) is 3.90. The zero-order valence-electron chi connectivity index (χ0n) is 16.4. The summed E-state index contributed by atoms with van der Waals surface area (Å²) in [6, 6.07) is 10.1. The van der Waals surface area contributed by atoms with Crippen molar-refractivity contribution in [1.29, 1.82) is 0 Å². The molecule has 2 aromatic rings. The van der Waals surface area contributed by atoms with Crippen LogP contribution in [0.3, 0.4) is 0 Å². The number of ether oxygens (including phenoxy) is 3. The van der Waals surface area contributed by atoms with Gasteiger partial charge in [0.2, 0.25) is 0 Å². The number of aliphatic carboxylic acids is 1. The van der Waals surface area contributed by atoms with Crippen LogP contribution in [0.15, 0.2) is 42.5 Å². The maximum atomic E-state index is 12.6. The van der Waals surface area contributed by atoms with Crippen LogP contribution >= 0.6 is 0 Å². The van der Waals surface area contributed by atoms with Gasteiger partial charge in [0, 0.05) is 29.1 Å². The maximum absolute atomic E-state index is 12.6. The highest BCUT2D eigenvalue weighted by Gasteiger charge is 2.12. The van der Waals surface area contributed by atoms with Gasteiger partial charge in [-0.2, -0.15) is 0 Å². The summed E-state index contributed by atoms with van der Waals surface area (Å²) in [5.74, 6) is -0.00331. The highest BCUT2D eigenvalue weighted by atomic mass is 16.5. The molecular formula is C22H23O6-. The second kappa shape index (κ2) is 9.60. The Labute approximate surface area is 164 Å². The number of rotatable bonds is 9. The van der Waals surface area contributed by atoms with Gasteiger partial charge in [0.05, 0.1) is 20.3 Å². The van der Waals surface area contributed by atoms with Crippen LogP contribution in [0.25, 0.3) is 6.08 Å². The van der Waals surface area contributed by atoms with E-state index < -0.39 is 5.97 Å². The summed E-state index contributed by atoms with van der Waals surface area (Å²) in [5.41, 5.74) is 1.43. The minimum absolute atomic E-state index is 0.0621. The zero-order valence-corrected chi connectivity index (χ0v) is 16.4. The fraction of sp³-hybridized carbons (Fsp3) is 0.273. The number of benzene rings is 2.